The van der Waals surface area contributed by atoms with E-state index in [9.17, 15) is 0 Å². The molecule has 0 bridgehead atoms. The summed E-state index contributed by atoms with van der Waals surface area (Å²) < 4.78 is 16.1. The molecule has 1 aromatic carbocycles. The van der Waals surface area contributed by atoms with E-state index in [0.717, 1.165) is 0 Å². The van der Waals surface area contributed by atoms with E-state index in [1.54, 1.807) is 18.2 Å². The summed E-state index contributed by atoms with van der Waals surface area (Å²) in [4.78, 5) is 0. The standard InChI is InChI=1S/C15H16N2O3/c1-3-19-7-8-20-15-13(9-12(10-16)11-17)5-4-6-14(15)18-2/h4-6,9H,3,7-8H2,1-2H3. The number of nitrogens with zero attached hydrogens (tertiary/aromatic N) is 2. The van der Waals surface area contributed by atoms with E-state index in [-0.39, 0.29) is 5.57 Å². The maximum Gasteiger partial charge on any atom is 0.168 e. The lowest BCUT2D eigenvalue weighted by molar-refractivity contribution is 0.109. The number of hydrogen-bond donors (Lipinski definition) is 0. The molecule has 0 unspecified atom stereocenters. The molecule has 0 aromatic heterocycles. The topological polar surface area (TPSA) is 75.3 Å². The molecule has 0 saturated carbocycles. The average Bonchev–Trinajstić information content (AvgIpc) is 2.49. The number of rotatable bonds is 7. The largest absolute Gasteiger partial charge is 0.493 e. The zero-order valence-electron chi connectivity index (χ0n) is 11.5. The maximum absolute atomic E-state index is 8.82. The predicted octanol–water partition coefficient (Wildman–Crippen LogP) is 2.54. The molecule has 0 spiro atoms. The summed E-state index contributed by atoms with van der Waals surface area (Å²) in [6.45, 7) is 3.35. The van der Waals surface area contributed by atoms with E-state index in [4.69, 9.17) is 24.7 Å². The minimum Gasteiger partial charge on any atom is -0.493 e. The number of ether oxygens (including phenoxy) is 3. The van der Waals surface area contributed by atoms with Crippen LogP contribution in [0.15, 0.2) is 23.8 Å². The smallest absolute Gasteiger partial charge is 0.168 e. The Morgan fingerprint density at radius 1 is 1.25 bits per heavy atom. The van der Waals surface area contributed by atoms with Gasteiger partial charge in [-0.1, -0.05) is 12.1 Å². The van der Waals surface area contributed by atoms with E-state index in [1.165, 1.54) is 13.2 Å². The summed E-state index contributed by atoms with van der Waals surface area (Å²) in [5.74, 6) is 1.04. The third-order valence-electron chi connectivity index (χ3n) is 2.45. The second kappa shape index (κ2) is 8.58. The Labute approximate surface area is 118 Å². The number of methoxy groups -OCH3 is 1. The van der Waals surface area contributed by atoms with Crippen LogP contribution in [0.1, 0.15) is 12.5 Å². The normalized spacial score (nSPS) is 9.20. The molecule has 0 heterocycles. The van der Waals surface area contributed by atoms with Gasteiger partial charge >= 0.3 is 0 Å². The number of benzene rings is 1. The zero-order valence-corrected chi connectivity index (χ0v) is 11.5. The van der Waals surface area contributed by atoms with Gasteiger partial charge in [-0.15, -0.1) is 0 Å². The van der Waals surface area contributed by atoms with Crippen molar-refractivity contribution in [2.24, 2.45) is 0 Å². The van der Waals surface area contributed by atoms with Crippen molar-refractivity contribution in [3.05, 3.63) is 29.3 Å². The van der Waals surface area contributed by atoms with Crippen molar-refractivity contribution in [1.82, 2.24) is 0 Å². The Bertz CT molecular complexity index is 537. The van der Waals surface area contributed by atoms with E-state index in [2.05, 4.69) is 0 Å². The number of para-hydroxylation sites is 1. The van der Waals surface area contributed by atoms with Crippen LogP contribution in [0.5, 0.6) is 11.5 Å². The van der Waals surface area contributed by atoms with Crippen molar-refractivity contribution in [1.29, 1.82) is 10.5 Å². The Hall–Kier alpha value is -2.50. The van der Waals surface area contributed by atoms with Crippen molar-refractivity contribution in [3.63, 3.8) is 0 Å². The second-order valence-electron chi connectivity index (χ2n) is 3.71. The van der Waals surface area contributed by atoms with Crippen LogP contribution < -0.4 is 9.47 Å². The number of allylic oxidation sites excluding steroid dienone is 1. The lowest BCUT2D eigenvalue weighted by Crippen LogP contribution is -2.08. The van der Waals surface area contributed by atoms with Crippen LogP contribution in [0.2, 0.25) is 0 Å². The molecule has 0 aliphatic carbocycles. The van der Waals surface area contributed by atoms with Gasteiger partial charge in [0.1, 0.15) is 24.3 Å². The highest BCUT2D eigenvalue weighted by molar-refractivity contribution is 5.68. The predicted molar refractivity (Wildman–Crippen MR) is 74.2 cm³/mol. The van der Waals surface area contributed by atoms with Crippen LogP contribution in [-0.2, 0) is 4.74 Å². The minimum atomic E-state index is 0.00733. The molecular weight excluding hydrogens is 256 g/mol. The second-order valence-corrected chi connectivity index (χ2v) is 3.71. The first-order valence-electron chi connectivity index (χ1n) is 6.16. The van der Waals surface area contributed by atoms with Gasteiger partial charge in [0.15, 0.2) is 11.5 Å². The lowest BCUT2D eigenvalue weighted by Gasteiger charge is -2.13. The van der Waals surface area contributed by atoms with Crippen LogP contribution in [0.25, 0.3) is 6.08 Å². The van der Waals surface area contributed by atoms with Crippen molar-refractivity contribution in [3.8, 4) is 23.6 Å². The fourth-order valence-electron chi connectivity index (χ4n) is 1.55. The van der Waals surface area contributed by atoms with Gasteiger partial charge in [0, 0.05) is 12.2 Å². The van der Waals surface area contributed by atoms with Gasteiger partial charge in [-0.3, -0.25) is 0 Å². The van der Waals surface area contributed by atoms with Crippen LogP contribution in [0.3, 0.4) is 0 Å². The third-order valence-corrected chi connectivity index (χ3v) is 2.45. The van der Waals surface area contributed by atoms with Gasteiger partial charge in [0.05, 0.1) is 13.7 Å². The van der Waals surface area contributed by atoms with Crippen LogP contribution in [0.4, 0.5) is 0 Å². The molecule has 0 aliphatic heterocycles. The fourth-order valence-corrected chi connectivity index (χ4v) is 1.55. The Balaban J connectivity index is 3.02. The molecule has 0 saturated heterocycles. The molecule has 0 atom stereocenters. The molecule has 5 nitrogen and oxygen atoms in total. The van der Waals surface area contributed by atoms with Gasteiger partial charge in [0.2, 0.25) is 0 Å². The highest BCUT2D eigenvalue weighted by Gasteiger charge is 2.10. The zero-order chi connectivity index (χ0) is 14.8. The Morgan fingerprint density at radius 2 is 2.00 bits per heavy atom. The highest BCUT2D eigenvalue weighted by Crippen LogP contribution is 2.32. The summed E-state index contributed by atoms with van der Waals surface area (Å²) in [6.07, 6.45) is 1.47. The Morgan fingerprint density at radius 3 is 2.60 bits per heavy atom. The molecule has 5 heteroatoms. The van der Waals surface area contributed by atoms with Crippen molar-refractivity contribution < 1.29 is 14.2 Å². The monoisotopic (exact) mass is 272 g/mol. The molecule has 1 aromatic rings. The summed E-state index contributed by atoms with van der Waals surface area (Å²) in [6, 6.07) is 8.92. The first kappa shape index (κ1) is 15.6. The molecule has 0 aliphatic rings. The molecule has 0 fully saturated rings. The quantitative estimate of drug-likeness (QED) is 0.563. The highest BCUT2D eigenvalue weighted by atomic mass is 16.5. The van der Waals surface area contributed by atoms with Gasteiger partial charge in [-0.2, -0.15) is 10.5 Å². The fraction of sp³-hybridized carbons (Fsp3) is 0.333. The summed E-state index contributed by atoms with van der Waals surface area (Å²) >= 11 is 0. The maximum atomic E-state index is 8.82. The van der Waals surface area contributed by atoms with E-state index in [0.29, 0.717) is 36.9 Å². The van der Waals surface area contributed by atoms with E-state index < -0.39 is 0 Å². The third kappa shape index (κ3) is 4.31. The molecule has 104 valence electrons. The number of nitriles is 2. The van der Waals surface area contributed by atoms with Gasteiger partial charge in [-0.25, -0.2) is 0 Å². The van der Waals surface area contributed by atoms with Gasteiger partial charge in [-0.05, 0) is 19.1 Å². The van der Waals surface area contributed by atoms with Crippen molar-refractivity contribution >= 4 is 6.08 Å². The average molecular weight is 272 g/mol. The van der Waals surface area contributed by atoms with Gasteiger partial charge in [0.25, 0.3) is 0 Å². The lowest BCUT2D eigenvalue weighted by atomic mass is 10.1. The molecular formula is C15H16N2O3. The van der Waals surface area contributed by atoms with Gasteiger partial charge < -0.3 is 14.2 Å². The van der Waals surface area contributed by atoms with E-state index >= 15 is 0 Å². The summed E-state index contributed by atoms with van der Waals surface area (Å²) in [7, 11) is 1.54. The minimum absolute atomic E-state index is 0.00733. The Kier molecular flexibility index (Phi) is 6.67. The van der Waals surface area contributed by atoms with Crippen LogP contribution in [-0.4, -0.2) is 26.9 Å². The van der Waals surface area contributed by atoms with E-state index in [1.807, 2.05) is 19.1 Å². The molecule has 0 radical (unpaired) electrons. The van der Waals surface area contributed by atoms with Crippen LogP contribution in [0, 0.1) is 22.7 Å². The first-order valence-corrected chi connectivity index (χ1v) is 6.16. The molecule has 0 amide bonds. The first-order chi connectivity index (χ1) is 9.76. The summed E-state index contributed by atoms with van der Waals surface area (Å²) in [5, 5.41) is 17.6. The SMILES string of the molecule is CCOCCOc1c(C=C(C#N)C#N)cccc1OC. The van der Waals surface area contributed by atoms with Crippen molar-refractivity contribution in [2.75, 3.05) is 26.9 Å². The van der Waals surface area contributed by atoms with Crippen LogP contribution >= 0.6 is 0 Å². The van der Waals surface area contributed by atoms with Crippen molar-refractivity contribution in [2.45, 2.75) is 6.92 Å². The summed E-state index contributed by atoms with van der Waals surface area (Å²) in [5.41, 5.74) is 0.631. The molecule has 1 rings (SSSR count). The molecule has 0 N–H and O–H groups in total. The number of hydrogen-bond acceptors (Lipinski definition) is 5. The molecule has 20 heavy (non-hydrogen) atoms.